The third-order valence-corrected chi connectivity index (χ3v) is 5.32. The van der Waals surface area contributed by atoms with Crippen LogP contribution < -0.4 is 4.72 Å². The first-order valence-electron chi connectivity index (χ1n) is 6.53. The summed E-state index contributed by atoms with van der Waals surface area (Å²) in [4.78, 5) is 0.381. The highest BCUT2D eigenvalue weighted by molar-refractivity contribution is 9.09. The zero-order valence-corrected chi connectivity index (χ0v) is 14.1. The molecule has 0 aliphatic carbocycles. The average Bonchev–Trinajstić information content (AvgIpc) is 2.34. The summed E-state index contributed by atoms with van der Waals surface area (Å²) in [6.45, 7) is 6.37. The van der Waals surface area contributed by atoms with Crippen LogP contribution in [0.2, 0.25) is 0 Å². The molecule has 0 bridgehead atoms. The van der Waals surface area contributed by atoms with Gasteiger partial charge in [-0.15, -0.1) is 0 Å². The van der Waals surface area contributed by atoms with Crippen molar-refractivity contribution in [3.05, 3.63) is 29.3 Å². The maximum Gasteiger partial charge on any atom is 0.240 e. The van der Waals surface area contributed by atoms with Crippen molar-refractivity contribution < 1.29 is 8.42 Å². The normalized spacial score (nSPS) is 13.5. The van der Waals surface area contributed by atoms with E-state index in [-0.39, 0.29) is 0 Å². The minimum atomic E-state index is -3.40. The maximum absolute atomic E-state index is 12.3. The molecule has 1 aromatic carbocycles. The van der Waals surface area contributed by atoms with Crippen LogP contribution in [-0.4, -0.2) is 20.3 Å². The lowest BCUT2D eigenvalue weighted by molar-refractivity contribution is 0.483. The van der Waals surface area contributed by atoms with E-state index in [2.05, 4.69) is 27.6 Å². The number of alkyl halides is 1. The molecule has 0 radical (unpaired) electrons. The van der Waals surface area contributed by atoms with E-state index in [0.29, 0.717) is 17.4 Å². The molecule has 0 amide bonds. The van der Waals surface area contributed by atoms with Gasteiger partial charge in [0.15, 0.2) is 0 Å². The summed E-state index contributed by atoms with van der Waals surface area (Å²) in [5.41, 5.74) is 1.86. The van der Waals surface area contributed by atoms with Crippen molar-refractivity contribution in [3.8, 4) is 0 Å². The summed E-state index contributed by atoms with van der Waals surface area (Å²) in [6.07, 6.45) is 1.95. The average molecular weight is 348 g/mol. The summed E-state index contributed by atoms with van der Waals surface area (Å²) in [6, 6.07) is 5.40. The Bertz CT molecular complexity index is 514. The Morgan fingerprint density at radius 1 is 1.32 bits per heavy atom. The van der Waals surface area contributed by atoms with Gasteiger partial charge in [0, 0.05) is 11.9 Å². The van der Waals surface area contributed by atoms with E-state index in [1.54, 1.807) is 6.07 Å². The first-order valence-corrected chi connectivity index (χ1v) is 9.14. The van der Waals surface area contributed by atoms with Crippen LogP contribution in [-0.2, 0) is 10.0 Å². The lowest BCUT2D eigenvalue weighted by Gasteiger charge is -2.15. The number of hydrogen-bond donors (Lipinski definition) is 1. The second-order valence-corrected chi connectivity index (χ2v) is 7.40. The molecule has 19 heavy (non-hydrogen) atoms. The van der Waals surface area contributed by atoms with Crippen molar-refractivity contribution in [3.63, 3.8) is 0 Å². The second kappa shape index (κ2) is 7.41. The van der Waals surface area contributed by atoms with Crippen LogP contribution >= 0.6 is 15.9 Å². The topological polar surface area (TPSA) is 46.2 Å². The predicted molar refractivity (Wildman–Crippen MR) is 83.3 cm³/mol. The van der Waals surface area contributed by atoms with E-state index in [1.165, 1.54) is 0 Å². The molecule has 1 N–H and O–H groups in total. The van der Waals surface area contributed by atoms with Crippen LogP contribution in [0.1, 0.15) is 30.9 Å². The van der Waals surface area contributed by atoms with Gasteiger partial charge >= 0.3 is 0 Å². The molecule has 0 spiro atoms. The summed E-state index contributed by atoms with van der Waals surface area (Å²) >= 11 is 3.40. The SMILES string of the molecule is CCC(CCBr)CNS(=O)(=O)c1ccc(C)cc1C. The fraction of sp³-hybridized carbons (Fsp3) is 0.571. The van der Waals surface area contributed by atoms with Crippen molar-refractivity contribution in [2.75, 3.05) is 11.9 Å². The molecular weight excluding hydrogens is 326 g/mol. The Morgan fingerprint density at radius 3 is 2.53 bits per heavy atom. The number of aryl methyl sites for hydroxylation is 2. The first-order chi connectivity index (χ1) is 8.90. The molecule has 0 saturated carbocycles. The van der Waals surface area contributed by atoms with Gasteiger partial charge in [0.25, 0.3) is 0 Å². The molecule has 5 heteroatoms. The number of halogens is 1. The molecular formula is C14H22BrNO2S. The molecule has 0 saturated heterocycles. The molecule has 0 aromatic heterocycles. The molecule has 1 atom stereocenters. The summed E-state index contributed by atoms with van der Waals surface area (Å²) in [7, 11) is -3.40. The Balaban J connectivity index is 2.81. The van der Waals surface area contributed by atoms with Gasteiger partial charge in [-0.3, -0.25) is 0 Å². The zero-order valence-electron chi connectivity index (χ0n) is 11.7. The molecule has 1 unspecified atom stereocenters. The number of benzene rings is 1. The van der Waals surface area contributed by atoms with Crippen molar-refractivity contribution in [1.29, 1.82) is 0 Å². The number of hydrogen-bond acceptors (Lipinski definition) is 2. The second-order valence-electron chi connectivity index (χ2n) is 4.87. The summed E-state index contributed by atoms with van der Waals surface area (Å²) in [5, 5.41) is 0.900. The van der Waals surface area contributed by atoms with Gasteiger partial charge in [0.05, 0.1) is 4.90 Å². The van der Waals surface area contributed by atoms with Crippen molar-refractivity contribution in [2.45, 2.75) is 38.5 Å². The third-order valence-electron chi connectivity index (χ3n) is 3.28. The number of sulfonamides is 1. The lowest BCUT2D eigenvalue weighted by atomic mass is 10.0. The monoisotopic (exact) mass is 347 g/mol. The molecule has 0 aliphatic heterocycles. The van der Waals surface area contributed by atoms with Crippen LogP contribution in [0.5, 0.6) is 0 Å². The van der Waals surface area contributed by atoms with Crippen LogP contribution in [0, 0.1) is 19.8 Å². The maximum atomic E-state index is 12.3. The minimum absolute atomic E-state index is 0.375. The van der Waals surface area contributed by atoms with Gasteiger partial charge in [0.1, 0.15) is 0 Å². The Labute approximate surface area is 125 Å². The van der Waals surface area contributed by atoms with E-state index in [0.717, 1.165) is 29.3 Å². The molecule has 108 valence electrons. The van der Waals surface area contributed by atoms with Gasteiger partial charge in [-0.25, -0.2) is 13.1 Å². The molecule has 0 fully saturated rings. The predicted octanol–water partition coefficient (Wildman–Crippen LogP) is 3.39. The number of rotatable bonds is 7. The first kappa shape index (κ1) is 16.7. The third kappa shape index (κ3) is 4.89. The van der Waals surface area contributed by atoms with E-state index in [9.17, 15) is 8.42 Å². The van der Waals surface area contributed by atoms with E-state index in [1.807, 2.05) is 26.0 Å². The molecule has 1 aromatic rings. The van der Waals surface area contributed by atoms with Crippen molar-refractivity contribution in [1.82, 2.24) is 4.72 Å². The summed E-state index contributed by atoms with van der Waals surface area (Å²) in [5.74, 6) is 0.375. The van der Waals surface area contributed by atoms with Gasteiger partial charge in [-0.05, 0) is 37.8 Å². The van der Waals surface area contributed by atoms with E-state index in [4.69, 9.17) is 0 Å². The Morgan fingerprint density at radius 2 is 2.00 bits per heavy atom. The molecule has 0 aliphatic rings. The van der Waals surface area contributed by atoms with Gasteiger partial charge in [-0.1, -0.05) is 47.0 Å². The lowest BCUT2D eigenvalue weighted by Crippen LogP contribution is -2.30. The van der Waals surface area contributed by atoms with Gasteiger partial charge in [0.2, 0.25) is 10.0 Å². The fourth-order valence-corrected chi connectivity index (χ4v) is 4.00. The largest absolute Gasteiger partial charge is 0.240 e. The smallest absolute Gasteiger partial charge is 0.211 e. The highest BCUT2D eigenvalue weighted by Crippen LogP contribution is 2.17. The Hall–Kier alpha value is -0.390. The zero-order chi connectivity index (χ0) is 14.5. The van der Waals surface area contributed by atoms with Gasteiger partial charge in [-0.2, -0.15) is 0 Å². The Kier molecular flexibility index (Phi) is 6.50. The van der Waals surface area contributed by atoms with Crippen molar-refractivity contribution >= 4 is 26.0 Å². The number of nitrogens with one attached hydrogen (secondary N) is 1. The quantitative estimate of drug-likeness (QED) is 0.768. The highest BCUT2D eigenvalue weighted by Gasteiger charge is 2.18. The standard InChI is InChI=1S/C14H22BrNO2S/c1-4-13(7-8-15)10-16-19(17,18)14-6-5-11(2)9-12(14)3/h5-6,9,13,16H,4,7-8,10H2,1-3H3. The molecule has 3 nitrogen and oxygen atoms in total. The highest BCUT2D eigenvalue weighted by atomic mass is 79.9. The van der Waals surface area contributed by atoms with Crippen LogP contribution in [0.4, 0.5) is 0 Å². The fourth-order valence-electron chi connectivity index (χ4n) is 2.01. The minimum Gasteiger partial charge on any atom is -0.211 e. The molecule has 0 heterocycles. The van der Waals surface area contributed by atoms with Crippen molar-refractivity contribution in [2.24, 2.45) is 5.92 Å². The van der Waals surface area contributed by atoms with Gasteiger partial charge < -0.3 is 0 Å². The summed E-state index contributed by atoms with van der Waals surface area (Å²) < 4.78 is 27.3. The van der Waals surface area contributed by atoms with Crippen LogP contribution in [0.25, 0.3) is 0 Å². The van der Waals surface area contributed by atoms with Crippen LogP contribution in [0.3, 0.4) is 0 Å². The van der Waals surface area contributed by atoms with Crippen LogP contribution in [0.15, 0.2) is 23.1 Å². The molecule has 1 rings (SSSR count). The van der Waals surface area contributed by atoms with E-state index < -0.39 is 10.0 Å². The van der Waals surface area contributed by atoms with E-state index >= 15 is 0 Å².